The molecule has 1 heterocycles. The van der Waals surface area contributed by atoms with E-state index in [1.54, 1.807) is 12.3 Å². The quantitative estimate of drug-likeness (QED) is 0.656. The average molecular weight is 390 g/mol. The second-order valence-corrected chi connectivity index (χ2v) is 7.23. The lowest BCUT2D eigenvalue weighted by Gasteiger charge is -2.33. The summed E-state index contributed by atoms with van der Waals surface area (Å²) in [6, 6.07) is 5.11. The van der Waals surface area contributed by atoms with Crippen molar-refractivity contribution < 1.29 is 18.4 Å². The molecule has 150 valence electrons. The van der Waals surface area contributed by atoms with Crippen LogP contribution in [0.4, 0.5) is 14.5 Å². The third-order valence-corrected chi connectivity index (χ3v) is 5.29. The van der Waals surface area contributed by atoms with E-state index in [1.807, 2.05) is 0 Å². The standard InChI is InChI=1S/C20H24F2N4O2/c21-15-3-6-18(22)13(7-15)9-19(23)12-1-4-16(5-2-12)26-17-8-14(10-25-11-17)20(27)28-24/h3,6-8,10-12,16,19,26H,1-2,4-5,9,23-24H2/t12?,16?,19-/m1/s1. The van der Waals surface area contributed by atoms with E-state index < -0.39 is 17.6 Å². The number of aromatic nitrogens is 1. The predicted octanol–water partition coefficient (Wildman–Crippen LogP) is 2.93. The van der Waals surface area contributed by atoms with Crippen molar-refractivity contribution in [2.45, 2.75) is 44.2 Å². The van der Waals surface area contributed by atoms with Crippen LogP contribution in [-0.4, -0.2) is 23.0 Å². The topological polar surface area (TPSA) is 103 Å². The van der Waals surface area contributed by atoms with Crippen LogP contribution in [0.2, 0.25) is 0 Å². The normalized spacial score (nSPS) is 20.4. The van der Waals surface area contributed by atoms with Gasteiger partial charge in [0.15, 0.2) is 0 Å². The highest BCUT2D eigenvalue weighted by Gasteiger charge is 2.26. The van der Waals surface area contributed by atoms with Crippen molar-refractivity contribution in [2.24, 2.45) is 17.5 Å². The van der Waals surface area contributed by atoms with Gasteiger partial charge in [0.25, 0.3) is 0 Å². The van der Waals surface area contributed by atoms with Crippen molar-refractivity contribution in [2.75, 3.05) is 5.32 Å². The zero-order chi connectivity index (χ0) is 20.1. The molecule has 0 saturated heterocycles. The zero-order valence-corrected chi connectivity index (χ0v) is 15.4. The summed E-state index contributed by atoms with van der Waals surface area (Å²) in [5, 5.41) is 3.36. The molecule has 0 aliphatic heterocycles. The van der Waals surface area contributed by atoms with Gasteiger partial charge in [-0.1, -0.05) is 0 Å². The number of nitrogens with one attached hydrogen (secondary N) is 1. The van der Waals surface area contributed by atoms with Crippen molar-refractivity contribution in [1.82, 2.24) is 4.98 Å². The Bertz CT molecular complexity index is 826. The minimum Gasteiger partial charge on any atom is -0.381 e. The van der Waals surface area contributed by atoms with Crippen molar-refractivity contribution in [3.8, 4) is 0 Å². The molecule has 0 bridgehead atoms. The summed E-state index contributed by atoms with van der Waals surface area (Å²) >= 11 is 0. The van der Waals surface area contributed by atoms with Crippen LogP contribution in [0.25, 0.3) is 0 Å². The maximum absolute atomic E-state index is 13.8. The summed E-state index contributed by atoms with van der Waals surface area (Å²) in [5.74, 6) is 3.63. The highest BCUT2D eigenvalue weighted by molar-refractivity contribution is 5.89. The fourth-order valence-corrected chi connectivity index (χ4v) is 3.75. The SMILES string of the molecule is NOC(=O)c1cncc(NC2CCC([C@H](N)Cc3cc(F)ccc3F)CC2)c1. The summed E-state index contributed by atoms with van der Waals surface area (Å²) in [6.45, 7) is 0. The second-order valence-electron chi connectivity index (χ2n) is 7.23. The fraction of sp³-hybridized carbons (Fsp3) is 0.400. The van der Waals surface area contributed by atoms with Gasteiger partial charge in [-0.05, 0) is 67.9 Å². The lowest BCUT2D eigenvalue weighted by molar-refractivity contribution is 0.0503. The van der Waals surface area contributed by atoms with Gasteiger partial charge in [-0.15, -0.1) is 0 Å². The first-order valence-electron chi connectivity index (χ1n) is 9.28. The van der Waals surface area contributed by atoms with Gasteiger partial charge in [0.05, 0.1) is 11.3 Å². The van der Waals surface area contributed by atoms with Gasteiger partial charge >= 0.3 is 5.97 Å². The number of nitrogens with zero attached hydrogens (tertiary/aromatic N) is 1. The number of benzene rings is 1. The lowest BCUT2D eigenvalue weighted by atomic mass is 9.80. The summed E-state index contributed by atoms with van der Waals surface area (Å²) in [7, 11) is 0. The molecule has 1 aromatic heterocycles. The molecule has 1 saturated carbocycles. The Hall–Kier alpha value is -2.58. The van der Waals surface area contributed by atoms with Gasteiger partial charge in [0.2, 0.25) is 0 Å². The predicted molar refractivity (Wildman–Crippen MR) is 101 cm³/mol. The number of hydrogen-bond donors (Lipinski definition) is 3. The second kappa shape index (κ2) is 9.07. The number of halogens is 2. The summed E-state index contributed by atoms with van der Waals surface area (Å²) in [4.78, 5) is 19.7. The van der Waals surface area contributed by atoms with Crippen LogP contribution in [0.3, 0.4) is 0 Å². The third-order valence-electron chi connectivity index (χ3n) is 5.29. The Morgan fingerprint density at radius 1 is 1.21 bits per heavy atom. The van der Waals surface area contributed by atoms with E-state index in [2.05, 4.69) is 15.1 Å². The Kier molecular flexibility index (Phi) is 6.53. The van der Waals surface area contributed by atoms with Gasteiger partial charge in [-0.3, -0.25) is 4.98 Å². The number of carbonyl (C=O) groups excluding carboxylic acids is 1. The largest absolute Gasteiger partial charge is 0.381 e. The van der Waals surface area contributed by atoms with Crippen LogP contribution in [0, 0.1) is 17.6 Å². The van der Waals surface area contributed by atoms with E-state index in [1.165, 1.54) is 12.3 Å². The molecule has 8 heteroatoms. The van der Waals surface area contributed by atoms with Gasteiger partial charge in [-0.25, -0.2) is 13.6 Å². The van der Waals surface area contributed by atoms with Gasteiger partial charge in [0, 0.05) is 24.5 Å². The highest BCUT2D eigenvalue weighted by Crippen LogP contribution is 2.30. The molecular weight excluding hydrogens is 366 g/mol. The number of rotatable bonds is 6. The number of nitrogens with two attached hydrogens (primary N) is 2. The molecule has 1 atom stereocenters. The van der Waals surface area contributed by atoms with E-state index in [9.17, 15) is 13.6 Å². The molecule has 1 fully saturated rings. The summed E-state index contributed by atoms with van der Waals surface area (Å²) in [6.07, 6.45) is 6.88. The van der Waals surface area contributed by atoms with Crippen LogP contribution < -0.4 is 16.9 Å². The Labute approximate surface area is 162 Å². The number of carbonyl (C=O) groups is 1. The Morgan fingerprint density at radius 2 is 1.96 bits per heavy atom. The fourth-order valence-electron chi connectivity index (χ4n) is 3.75. The van der Waals surface area contributed by atoms with Crippen molar-refractivity contribution >= 4 is 11.7 Å². The van der Waals surface area contributed by atoms with Crippen molar-refractivity contribution in [3.05, 3.63) is 59.4 Å². The first-order chi connectivity index (χ1) is 13.5. The molecule has 1 aromatic carbocycles. The molecule has 0 spiro atoms. The molecule has 0 amide bonds. The van der Waals surface area contributed by atoms with E-state index in [4.69, 9.17) is 11.6 Å². The molecule has 0 unspecified atom stereocenters. The summed E-state index contributed by atoms with van der Waals surface area (Å²) < 4.78 is 27.2. The van der Waals surface area contributed by atoms with Crippen LogP contribution in [0.15, 0.2) is 36.7 Å². The average Bonchev–Trinajstić information content (AvgIpc) is 2.71. The van der Waals surface area contributed by atoms with Crippen LogP contribution in [0.1, 0.15) is 41.6 Å². The summed E-state index contributed by atoms with van der Waals surface area (Å²) in [5.41, 5.74) is 7.60. The Balaban J connectivity index is 1.53. The molecule has 1 aliphatic rings. The molecule has 0 radical (unpaired) electrons. The van der Waals surface area contributed by atoms with Crippen LogP contribution in [0.5, 0.6) is 0 Å². The zero-order valence-electron chi connectivity index (χ0n) is 15.4. The lowest BCUT2D eigenvalue weighted by Crippen LogP contribution is -2.37. The molecule has 2 aromatic rings. The molecule has 5 N–H and O–H groups in total. The smallest absolute Gasteiger partial charge is 0.358 e. The minimum absolute atomic E-state index is 0.221. The van der Waals surface area contributed by atoms with E-state index in [0.29, 0.717) is 12.0 Å². The number of pyridine rings is 1. The minimum atomic E-state index is -0.643. The van der Waals surface area contributed by atoms with Gasteiger partial charge in [-0.2, -0.15) is 5.90 Å². The highest BCUT2D eigenvalue weighted by atomic mass is 19.1. The Morgan fingerprint density at radius 3 is 2.68 bits per heavy atom. The third kappa shape index (κ3) is 5.02. The first-order valence-corrected chi connectivity index (χ1v) is 9.28. The van der Waals surface area contributed by atoms with Gasteiger partial charge < -0.3 is 15.9 Å². The van der Waals surface area contributed by atoms with E-state index >= 15 is 0 Å². The molecule has 6 nitrogen and oxygen atoms in total. The van der Waals surface area contributed by atoms with Crippen LogP contribution >= 0.6 is 0 Å². The van der Waals surface area contributed by atoms with Gasteiger partial charge in [0.1, 0.15) is 11.6 Å². The first kappa shape index (κ1) is 20.2. The number of hydrogen-bond acceptors (Lipinski definition) is 6. The van der Waals surface area contributed by atoms with Crippen molar-refractivity contribution in [3.63, 3.8) is 0 Å². The maximum Gasteiger partial charge on any atom is 0.358 e. The number of anilines is 1. The molecule has 28 heavy (non-hydrogen) atoms. The molecular formula is C20H24F2N4O2. The van der Waals surface area contributed by atoms with E-state index in [-0.39, 0.29) is 23.6 Å². The molecule has 1 aliphatic carbocycles. The maximum atomic E-state index is 13.8. The van der Waals surface area contributed by atoms with E-state index in [0.717, 1.165) is 43.5 Å². The molecule has 3 rings (SSSR count). The monoisotopic (exact) mass is 390 g/mol. The van der Waals surface area contributed by atoms with Crippen molar-refractivity contribution in [1.29, 1.82) is 0 Å². The van der Waals surface area contributed by atoms with Crippen LogP contribution in [-0.2, 0) is 11.3 Å².